The average molecular weight is 428 g/mol. The van der Waals surface area contributed by atoms with Crippen LogP contribution in [-0.2, 0) is 11.3 Å². The van der Waals surface area contributed by atoms with Crippen LogP contribution in [0.15, 0.2) is 30.3 Å². The fourth-order valence-electron chi connectivity index (χ4n) is 5.65. The van der Waals surface area contributed by atoms with Gasteiger partial charge in [0, 0.05) is 32.2 Å². The van der Waals surface area contributed by atoms with Crippen LogP contribution in [0.4, 0.5) is 0 Å². The van der Waals surface area contributed by atoms with Gasteiger partial charge in [-0.15, -0.1) is 24.8 Å². The Balaban J connectivity index is 0.00000140. The van der Waals surface area contributed by atoms with Gasteiger partial charge in [0.2, 0.25) is 5.91 Å². The van der Waals surface area contributed by atoms with Crippen molar-refractivity contribution in [3.8, 4) is 0 Å². The molecule has 0 spiro atoms. The Hall–Kier alpha value is -0.810. The van der Waals surface area contributed by atoms with Crippen LogP contribution >= 0.6 is 24.8 Å². The van der Waals surface area contributed by atoms with Crippen molar-refractivity contribution in [2.75, 3.05) is 26.7 Å². The molecule has 4 rings (SSSR count). The quantitative estimate of drug-likeness (QED) is 0.780. The van der Waals surface area contributed by atoms with Crippen LogP contribution in [0.1, 0.15) is 37.7 Å². The Morgan fingerprint density at radius 1 is 1.07 bits per heavy atom. The fourth-order valence-corrected chi connectivity index (χ4v) is 5.65. The molecule has 0 aromatic heterocycles. The molecule has 2 saturated carbocycles. The van der Waals surface area contributed by atoms with Crippen LogP contribution in [0.2, 0.25) is 0 Å². The maximum Gasteiger partial charge on any atom is 0.227 e. The highest BCUT2D eigenvalue weighted by Gasteiger charge is 2.50. The van der Waals surface area contributed by atoms with Crippen LogP contribution in [0, 0.1) is 23.7 Å². The summed E-state index contributed by atoms with van der Waals surface area (Å²) in [6.07, 6.45) is 5.90. The summed E-state index contributed by atoms with van der Waals surface area (Å²) in [7, 11) is 2.21. The summed E-state index contributed by atoms with van der Waals surface area (Å²) in [5.74, 6) is 2.35. The van der Waals surface area contributed by atoms with Gasteiger partial charge in [0.15, 0.2) is 0 Å². The van der Waals surface area contributed by atoms with Crippen molar-refractivity contribution in [1.82, 2.24) is 9.80 Å². The number of amides is 1. The number of benzene rings is 1. The van der Waals surface area contributed by atoms with Gasteiger partial charge in [0.05, 0.1) is 5.92 Å². The Morgan fingerprint density at radius 3 is 2.32 bits per heavy atom. The second-order valence-corrected chi connectivity index (χ2v) is 8.89. The number of hydrogen-bond acceptors (Lipinski definition) is 3. The van der Waals surface area contributed by atoms with Crippen molar-refractivity contribution in [3.63, 3.8) is 0 Å². The van der Waals surface area contributed by atoms with Crippen LogP contribution in [-0.4, -0.2) is 48.4 Å². The van der Waals surface area contributed by atoms with Gasteiger partial charge in [-0.3, -0.25) is 4.79 Å². The van der Waals surface area contributed by atoms with Gasteiger partial charge in [0.1, 0.15) is 0 Å². The first kappa shape index (κ1) is 23.5. The number of carbonyl (C=O) groups excluding carboxylic acids is 1. The summed E-state index contributed by atoms with van der Waals surface area (Å²) in [4.78, 5) is 17.6. The van der Waals surface area contributed by atoms with Gasteiger partial charge in [-0.25, -0.2) is 0 Å². The van der Waals surface area contributed by atoms with E-state index in [1.54, 1.807) is 0 Å². The largest absolute Gasteiger partial charge is 0.342 e. The van der Waals surface area contributed by atoms with Gasteiger partial charge in [-0.2, -0.15) is 0 Å². The van der Waals surface area contributed by atoms with Gasteiger partial charge in [-0.1, -0.05) is 30.3 Å². The highest BCUT2D eigenvalue weighted by Crippen LogP contribution is 2.48. The van der Waals surface area contributed by atoms with Crippen molar-refractivity contribution in [2.24, 2.45) is 29.4 Å². The standard InChI is InChI=1S/C22H33N3O.2ClH/c1-24(14-16-5-3-2-4-6-16)15-17-9-11-25(12-10-17)22(26)20-18-7-8-19(13-18)21(20)23;;/h2-6,17-21H,7-15,23H2,1H3;2*1H. The molecule has 1 amide bonds. The fraction of sp³-hybridized carbons (Fsp3) is 0.682. The molecular weight excluding hydrogens is 393 g/mol. The average Bonchev–Trinajstić information content (AvgIpc) is 3.24. The van der Waals surface area contributed by atoms with Crippen molar-refractivity contribution in [2.45, 2.75) is 44.7 Å². The number of rotatable bonds is 5. The molecule has 1 saturated heterocycles. The number of carbonyl (C=O) groups is 1. The zero-order valence-corrected chi connectivity index (χ0v) is 18.5. The third kappa shape index (κ3) is 5.02. The molecule has 6 heteroatoms. The number of fused-ring (bicyclic) bond motifs is 2. The lowest BCUT2D eigenvalue weighted by Crippen LogP contribution is -2.49. The van der Waals surface area contributed by atoms with E-state index < -0.39 is 0 Å². The van der Waals surface area contributed by atoms with Crippen molar-refractivity contribution in [1.29, 1.82) is 0 Å². The molecule has 4 nitrogen and oxygen atoms in total. The first-order valence-electron chi connectivity index (χ1n) is 10.4. The lowest BCUT2D eigenvalue weighted by Gasteiger charge is -2.38. The SMILES string of the molecule is CN(Cc1ccccc1)CC1CCN(C(=O)C2C3CCC(C3)C2N)CC1.Cl.Cl. The summed E-state index contributed by atoms with van der Waals surface area (Å²) in [6, 6.07) is 10.8. The Morgan fingerprint density at radius 2 is 1.71 bits per heavy atom. The molecule has 0 radical (unpaired) electrons. The lowest BCUT2D eigenvalue weighted by molar-refractivity contribution is -0.139. The monoisotopic (exact) mass is 427 g/mol. The molecule has 28 heavy (non-hydrogen) atoms. The molecule has 1 aromatic carbocycles. The number of piperidine rings is 1. The summed E-state index contributed by atoms with van der Waals surface area (Å²) >= 11 is 0. The smallest absolute Gasteiger partial charge is 0.227 e. The first-order valence-corrected chi connectivity index (χ1v) is 10.4. The van der Waals surface area contributed by atoms with E-state index in [1.165, 1.54) is 24.8 Å². The zero-order chi connectivity index (χ0) is 18.1. The van der Waals surface area contributed by atoms with E-state index in [1.807, 2.05) is 0 Å². The third-order valence-electron chi connectivity index (χ3n) is 7.06. The summed E-state index contributed by atoms with van der Waals surface area (Å²) < 4.78 is 0. The molecule has 1 aromatic rings. The van der Waals surface area contributed by atoms with E-state index in [0.29, 0.717) is 23.7 Å². The van der Waals surface area contributed by atoms with E-state index in [-0.39, 0.29) is 36.8 Å². The molecule has 2 bridgehead atoms. The third-order valence-corrected chi connectivity index (χ3v) is 7.06. The highest BCUT2D eigenvalue weighted by molar-refractivity contribution is 5.85. The molecule has 158 valence electrons. The van der Waals surface area contributed by atoms with Crippen LogP contribution < -0.4 is 5.73 Å². The van der Waals surface area contributed by atoms with E-state index in [9.17, 15) is 4.79 Å². The minimum absolute atomic E-state index is 0. The van der Waals surface area contributed by atoms with Gasteiger partial charge >= 0.3 is 0 Å². The second kappa shape index (κ2) is 10.3. The van der Waals surface area contributed by atoms with E-state index in [4.69, 9.17) is 5.73 Å². The predicted octanol–water partition coefficient (Wildman–Crippen LogP) is 3.57. The van der Waals surface area contributed by atoms with Crippen LogP contribution in [0.5, 0.6) is 0 Å². The summed E-state index contributed by atoms with van der Waals surface area (Å²) in [6.45, 7) is 3.96. The molecule has 2 N–H and O–H groups in total. The molecule has 3 aliphatic rings. The van der Waals surface area contributed by atoms with Crippen molar-refractivity contribution in [3.05, 3.63) is 35.9 Å². The highest BCUT2D eigenvalue weighted by atomic mass is 35.5. The minimum Gasteiger partial charge on any atom is -0.342 e. The van der Waals surface area contributed by atoms with Gasteiger partial charge < -0.3 is 15.5 Å². The molecule has 4 unspecified atom stereocenters. The number of nitrogens with two attached hydrogens (primary N) is 1. The molecule has 2 aliphatic carbocycles. The minimum atomic E-state index is 0. The molecule has 4 atom stereocenters. The van der Waals surface area contributed by atoms with Gasteiger partial charge in [-0.05, 0) is 62.5 Å². The van der Waals surface area contributed by atoms with Crippen molar-refractivity contribution >= 4 is 30.7 Å². The Bertz CT molecular complexity index is 619. The topological polar surface area (TPSA) is 49.6 Å². The van der Waals surface area contributed by atoms with Crippen LogP contribution in [0.25, 0.3) is 0 Å². The Kier molecular flexibility index (Phi) is 8.62. The molecule has 1 heterocycles. The predicted molar refractivity (Wildman–Crippen MR) is 119 cm³/mol. The maximum atomic E-state index is 13.0. The zero-order valence-electron chi connectivity index (χ0n) is 16.8. The van der Waals surface area contributed by atoms with Crippen LogP contribution in [0.3, 0.4) is 0 Å². The van der Waals surface area contributed by atoms with Crippen molar-refractivity contribution < 1.29 is 4.79 Å². The normalized spacial score (nSPS) is 29.5. The first-order chi connectivity index (χ1) is 12.6. The molecule has 3 fully saturated rings. The molecular formula is C22H35Cl2N3O. The Labute approximate surface area is 182 Å². The number of hydrogen-bond donors (Lipinski definition) is 1. The summed E-state index contributed by atoms with van der Waals surface area (Å²) in [5, 5.41) is 0. The van der Waals surface area contributed by atoms with Gasteiger partial charge in [0.25, 0.3) is 0 Å². The van der Waals surface area contributed by atoms with E-state index in [0.717, 1.165) is 39.0 Å². The second-order valence-electron chi connectivity index (χ2n) is 8.89. The van der Waals surface area contributed by atoms with E-state index >= 15 is 0 Å². The summed E-state index contributed by atoms with van der Waals surface area (Å²) in [5.41, 5.74) is 7.75. The van der Waals surface area contributed by atoms with E-state index in [2.05, 4.69) is 47.2 Å². The number of likely N-dealkylation sites (tertiary alicyclic amines) is 1. The maximum absolute atomic E-state index is 13.0. The lowest BCUT2D eigenvalue weighted by atomic mass is 9.83. The molecule has 1 aliphatic heterocycles. The number of nitrogens with zero attached hydrogens (tertiary/aromatic N) is 2. The number of halogens is 2.